The van der Waals surface area contributed by atoms with Gasteiger partial charge in [-0.1, -0.05) is 18.2 Å². The van der Waals surface area contributed by atoms with Crippen LogP contribution in [0.5, 0.6) is 17.2 Å². The summed E-state index contributed by atoms with van der Waals surface area (Å²) in [5.41, 5.74) is 1.88. The highest BCUT2D eigenvalue weighted by Crippen LogP contribution is 2.34. The average Bonchev–Trinajstić information content (AvgIpc) is 3.04. The Morgan fingerprint density at radius 1 is 0.903 bits per heavy atom. The van der Waals surface area contributed by atoms with Crippen molar-refractivity contribution in [2.45, 2.75) is 6.54 Å². The van der Waals surface area contributed by atoms with Gasteiger partial charge in [0, 0.05) is 13.6 Å². The second kappa shape index (κ2) is 9.53. The van der Waals surface area contributed by atoms with Crippen molar-refractivity contribution in [1.29, 1.82) is 0 Å². The number of likely N-dealkylation sites (N-methyl/N-ethyl adjacent to an activating group) is 1. The lowest BCUT2D eigenvalue weighted by Crippen LogP contribution is -2.34. The molecule has 1 aliphatic heterocycles. The number of benzene rings is 2. The number of carbonyl (C=O) groups excluding carboxylic acids is 2. The Balaban J connectivity index is 1.98. The Labute approximate surface area is 181 Å². The largest absolute Gasteiger partial charge is 0.497 e. The topological polar surface area (TPSA) is 88.5 Å². The van der Waals surface area contributed by atoms with Crippen LogP contribution in [0.25, 0.3) is 5.57 Å². The summed E-state index contributed by atoms with van der Waals surface area (Å²) in [5, 5.41) is 9.37. The Hall–Kier alpha value is -3.52. The first-order valence-corrected chi connectivity index (χ1v) is 9.73. The number of methoxy groups -OCH3 is 3. The van der Waals surface area contributed by atoms with E-state index in [0.717, 1.165) is 5.56 Å². The number of rotatable bonds is 9. The summed E-state index contributed by atoms with van der Waals surface area (Å²) < 4.78 is 15.8. The quantitative estimate of drug-likeness (QED) is 0.613. The van der Waals surface area contributed by atoms with Crippen molar-refractivity contribution in [3.05, 3.63) is 59.3 Å². The van der Waals surface area contributed by atoms with Crippen LogP contribution in [0.4, 0.5) is 0 Å². The van der Waals surface area contributed by atoms with E-state index in [4.69, 9.17) is 14.2 Å². The van der Waals surface area contributed by atoms with Gasteiger partial charge in [0.15, 0.2) is 11.5 Å². The number of amides is 2. The van der Waals surface area contributed by atoms with Gasteiger partial charge in [-0.05, 0) is 35.4 Å². The molecule has 0 aromatic heterocycles. The second-order valence-corrected chi connectivity index (χ2v) is 6.98. The molecule has 0 fully saturated rings. The SMILES string of the molecule is COc1ccc(C2=C(N(C)CCO)C(=O)N(Cc3ccc(OC)c(OC)c3)C2=O)cc1. The molecule has 2 aromatic rings. The van der Waals surface area contributed by atoms with E-state index >= 15 is 0 Å². The highest BCUT2D eigenvalue weighted by atomic mass is 16.5. The van der Waals surface area contributed by atoms with Crippen molar-refractivity contribution in [2.75, 3.05) is 41.5 Å². The fourth-order valence-corrected chi connectivity index (χ4v) is 3.50. The summed E-state index contributed by atoms with van der Waals surface area (Å²) in [6.07, 6.45) is 0. The monoisotopic (exact) mass is 426 g/mol. The van der Waals surface area contributed by atoms with Gasteiger partial charge in [0.2, 0.25) is 0 Å². The van der Waals surface area contributed by atoms with Crippen molar-refractivity contribution < 1.29 is 28.9 Å². The third-order valence-electron chi connectivity index (χ3n) is 5.13. The van der Waals surface area contributed by atoms with Gasteiger partial charge < -0.3 is 24.2 Å². The smallest absolute Gasteiger partial charge is 0.278 e. The van der Waals surface area contributed by atoms with Crippen LogP contribution < -0.4 is 14.2 Å². The molecule has 0 aliphatic carbocycles. The van der Waals surface area contributed by atoms with Crippen LogP contribution in [0.3, 0.4) is 0 Å². The van der Waals surface area contributed by atoms with Gasteiger partial charge in [-0.2, -0.15) is 0 Å². The first-order chi connectivity index (χ1) is 14.9. The Kier molecular flexibility index (Phi) is 6.81. The molecule has 1 N–H and O–H groups in total. The summed E-state index contributed by atoms with van der Waals surface area (Å²) in [5.74, 6) is 0.908. The van der Waals surface area contributed by atoms with Gasteiger partial charge in [0.05, 0.1) is 40.1 Å². The van der Waals surface area contributed by atoms with E-state index in [2.05, 4.69) is 0 Å². The van der Waals surface area contributed by atoms with E-state index in [1.54, 1.807) is 68.6 Å². The molecule has 2 amide bonds. The van der Waals surface area contributed by atoms with Crippen LogP contribution in [0, 0.1) is 0 Å². The number of hydrogen-bond donors (Lipinski definition) is 1. The number of aliphatic hydroxyl groups is 1. The molecule has 0 saturated heterocycles. The predicted octanol–water partition coefficient (Wildman–Crippen LogP) is 1.92. The van der Waals surface area contributed by atoms with Crippen molar-refractivity contribution in [2.24, 2.45) is 0 Å². The van der Waals surface area contributed by atoms with Crippen LogP contribution in [-0.2, 0) is 16.1 Å². The number of aliphatic hydroxyl groups excluding tert-OH is 1. The first kappa shape index (κ1) is 22.2. The minimum Gasteiger partial charge on any atom is -0.497 e. The fraction of sp³-hybridized carbons (Fsp3) is 0.304. The summed E-state index contributed by atoms with van der Waals surface area (Å²) in [4.78, 5) is 29.4. The Morgan fingerprint density at radius 3 is 2.16 bits per heavy atom. The number of carbonyl (C=O) groups is 2. The molecule has 31 heavy (non-hydrogen) atoms. The highest BCUT2D eigenvalue weighted by molar-refractivity contribution is 6.35. The van der Waals surface area contributed by atoms with Crippen LogP contribution >= 0.6 is 0 Å². The first-order valence-electron chi connectivity index (χ1n) is 9.73. The van der Waals surface area contributed by atoms with Crippen molar-refractivity contribution in [1.82, 2.24) is 9.80 Å². The second-order valence-electron chi connectivity index (χ2n) is 6.98. The normalized spacial score (nSPS) is 13.6. The maximum atomic E-state index is 13.3. The van der Waals surface area contributed by atoms with E-state index in [0.29, 0.717) is 28.4 Å². The Bertz CT molecular complexity index is 1000. The molecule has 3 rings (SSSR count). The van der Waals surface area contributed by atoms with Crippen LogP contribution in [0.1, 0.15) is 11.1 Å². The highest BCUT2D eigenvalue weighted by Gasteiger charge is 2.40. The minimum atomic E-state index is -0.415. The molecular weight excluding hydrogens is 400 g/mol. The molecule has 0 saturated carbocycles. The molecule has 1 aliphatic rings. The van der Waals surface area contributed by atoms with Crippen LogP contribution in [0.2, 0.25) is 0 Å². The Morgan fingerprint density at radius 2 is 1.58 bits per heavy atom. The lowest BCUT2D eigenvalue weighted by atomic mass is 10.0. The molecule has 0 atom stereocenters. The number of imide groups is 1. The zero-order chi connectivity index (χ0) is 22.5. The third-order valence-corrected chi connectivity index (χ3v) is 5.13. The maximum Gasteiger partial charge on any atom is 0.278 e. The number of nitrogens with zero attached hydrogens (tertiary/aromatic N) is 2. The van der Waals surface area contributed by atoms with E-state index < -0.39 is 11.8 Å². The van der Waals surface area contributed by atoms with E-state index in [9.17, 15) is 14.7 Å². The fourth-order valence-electron chi connectivity index (χ4n) is 3.50. The van der Waals surface area contributed by atoms with Crippen molar-refractivity contribution >= 4 is 17.4 Å². The van der Waals surface area contributed by atoms with E-state index in [-0.39, 0.29) is 25.4 Å². The van der Waals surface area contributed by atoms with Gasteiger partial charge in [-0.15, -0.1) is 0 Å². The van der Waals surface area contributed by atoms with Gasteiger partial charge in [0.25, 0.3) is 11.8 Å². The lowest BCUT2D eigenvalue weighted by Gasteiger charge is -2.20. The predicted molar refractivity (Wildman–Crippen MR) is 115 cm³/mol. The summed E-state index contributed by atoms with van der Waals surface area (Å²) >= 11 is 0. The third kappa shape index (κ3) is 4.34. The molecular formula is C23H26N2O6. The summed E-state index contributed by atoms with van der Waals surface area (Å²) in [7, 11) is 6.31. The molecule has 0 unspecified atom stereocenters. The van der Waals surface area contributed by atoms with Crippen molar-refractivity contribution in [3.63, 3.8) is 0 Å². The molecule has 0 radical (unpaired) electrons. The van der Waals surface area contributed by atoms with Crippen LogP contribution in [0.15, 0.2) is 48.2 Å². The summed E-state index contributed by atoms with van der Waals surface area (Å²) in [6.45, 7) is 0.152. The molecule has 8 nitrogen and oxygen atoms in total. The molecule has 1 heterocycles. The molecule has 0 bridgehead atoms. The zero-order valence-electron chi connectivity index (χ0n) is 18.0. The van der Waals surface area contributed by atoms with Crippen LogP contribution in [-0.4, -0.2) is 68.2 Å². The van der Waals surface area contributed by atoms with Gasteiger partial charge in [-0.3, -0.25) is 14.5 Å². The van der Waals surface area contributed by atoms with E-state index in [1.165, 1.54) is 12.0 Å². The number of hydrogen-bond acceptors (Lipinski definition) is 7. The molecule has 2 aromatic carbocycles. The standard InChI is InChI=1S/C23H26N2O6/c1-24(11-12-26)21-20(16-6-8-17(29-2)9-7-16)22(27)25(23(21)28)14-15-5-10-18(30-3)19(13-15)31-4/h5-10,13,26H,11-12,14H2,1-4H3. The minimum absolute atomic E-state index is 0.0775. The van der Waals surface area contributed by atoms with Gasteiger partial charge in [-0.25, -0.2) is 0 Å². The molecule has 164 valence electrons. The number of ether oxygens (including phenoxy) is 3. The molecule has 0 spiro atoms. The van der Waals surface area contributed by atoms with E-state index in [1.807, 2.05) is 0 Å². The zero-order valence-corrected chi connectivity index (χ0v) is 18.0. The maximum absolute atomic E-state index is 13.3. The lowest BCUT2D eigenvalue weighted by molar-refractivity contribution is -0.138. The summed E-state index contributed by atoms with van der Waals surface area (Å²) in [6, 6.07) is 12.2. The molecule has 8 heteroatoms. The van der Waals surface area contributed by atoms with Gasteiger partial charge >= 0.3 is 0 Å². The average molecular weight is 426 g/mol. The van der Waals surface area contributed by atoms with Crippen molar-refractivity contribution in [3.8, 4) is 17.2 Å². The van der Waals surface area contributed by atoms with Gasteiger partial charge in [0.1, 0.15) is 11.4 Å².